The van der Waals surface area contributed by atoms with E-state index >= 15 is 0 Å². The number of hydrogen-bond donors (Lipinski definition) is 0. The fourth-order valence-corrected chi connectivity index (χ4v) is 3.88. The monoisotopic (exact) mass is 355 g/mol. The molecule has 2 aromatic rings. The van der Waals surface area contributed by atoms with E-state index in [-0.39, 0.29) is 11.1 Å². The molecule has 4 nitrogen and oxygen atoms in total. The predicted octanol–water partition coefficient (Wildman–Crippen LogP) is 3.99. The highest BCUT2D eigenvalue weighted by Gasteiger charge is 2.23. The number of nitrogens with zero attached hydrogens (tertiary/aromatic N) is 3. The van der Waals surface area contributed by atoms with Gasteiger partial charge in [-0.25, -0.2) is 4.99 Å². The van der Waals surface area contributed by atoms with Crippen LogP contribution in [0, 0.1) is 0 Å². The average molecular weight is 356 g/mol. The van der Waals surface area contributed by atoms with Crippen LogP contribution in [0.5, 0.6) is 0 Å². The molecule has 1 unspecified atom stereocenters. The number of benzene rings is 1. The molecule has 1 aromatic carbocycles. The lowest BCUT2D eigenvalue weighted by Crippen LogP contribution is -2.30. The Morgan fingerprint density at radius 2 is 1.92 bits per heavy atom. The Hall–Kier alpha value is -2.01. The Morgan fingerprint density at radius 3 is 2.60 bits per heavy atom. The minimum Gasteiger partial charge on any atom is -0.350 e. The van der Waals surface area contributed by atoms with Gasteiger partial charge in [0, 0.05) is 37.4 Å². The molecule has 0 amide bonds. The summed E-state index contributed by atoms with van der Waals surface area (Å²) >= 11 is 1.72. The van der Waals surface area contributed by atoms with E-state index in [4.69, 9.17) is 4.99 Å². The normalized spacial score (nSPS) is 17.6. The molecule has 0 saturated heterocycles. The van der Waals surface area contributed by atoms with Crippen molar-refractivity contribution in [1.29, 1.82) is 0 Å². The molecule has 0 aliphatic carbocycles. The van der Waals surface area contributed by atoms with Crippen molar-refractivity contribution >= 4 is 28.2 Å². The zero-order chi connectivity index (χ0) is 18.0. The summed E-state index contributed by atoms with van der Waals surface area (Å²) in [5, 5.41) is 1.73. The van der Waals surface area contributed by atoms with Gasteiger partial charge in [-0.2, -0.15) is 0 Å². The number of rotatable bonds is 5. The van der Waals surface area contributed by atoms with E-state index in [1.54, 1.807) is 16.3 Å². The van der Waals surface area contributed by atoms with Gasteiger partial charge in [-0.05, 0) is 36.1 Å². The Morgan fingerprint density at radius 1 is 1.20 bits per heavy atom. The molecule has 0 saturated carbocycles. The smallest absolute Gasteiger partial charge is 0.258 e. The largest absolute Gasteiger partial charge is 0.350 e. The van der Waals surface area contributed by atoms with Gasteiger partial charge in [0.1, 0.15) is 0 Å². The molecule has 1 aliphatic rings. The molecule has 1 aliphatic heterocycles. The van der Waals surface area contributed by atoms with Crippen LogP contribution in [0.15, 0.2) is 52.0 Å². The number of pyridine rings is 1. The van der Waals surface area contributed by atoms with Crippen LogP contribution >= 0.6 is 11.8 Å². The lowest BCUT2D eigenvalue weighted by Gasteiger charge is -2.30. The van der Waals surface area contributed by atoms with E-state index in [1.165, 1.54) is 5.57 Å². The van der Waals surface area contributed by atoms with Gasteiger partial charge < -0.3 is 9.47 Å². The van der Waals surface area contributed by atoms with E-state index in [0.29, 0.717) is 0 Å². The summed E-state index contributed by atoms with van der Waals surface area (Å²) in [6.07, 6.45) is 9.51. The van der Waals surface area contributed by atoms with Crippen LogP contribution in [0.25, 0.3) is 10.8 Å². The summed E-state index contributed by atoms with van der Waals surface area (Å²) in [6, 6.07) is 7.83. The maximum absolute atomic E-state index is 12.5. The van der Waals surface area contributed by atoms with Crippen molar-refractivity contribution < 1.29 is 0 Å². The maximum atomic E-state index is 12.5. The SMILES string of the molecule is CCCCC1=CN(C)C(SC)N=C1c1cn(C)c(=O)c2ccccc12. The fourth-order valence-electron chi connectivity index (χ4n) is 3.27. The second-order valence-corrected chi connectivity index (χ2v) is 7.36. The zero-order valence-electron chi connectivity index (χ0n) is 15.3. The van der Waals surface area contributed by atoms with Crippen molar-refractivity contribution in [3.63, 3.8) is 0 Å². The molecular formula is C20H25N3OS. The zero-order valence-corrected chi connectivity index (χ0v) is 16.1. The molecule has 1 aromatic heterocycles. The van der Waals surface area contributed by atoms with E-state index in [9.17, 15) is 4.79 Å². The lowest BCUT2D eigenvalue weighted by molar-refractivity contribution is 0.428. The highest BCUT2D eigenvalue weighted by molar-refractivity contribution is 7.99. The first-order chi connectivity index (χ1) is 12.1. The summed E-state index contributed by atoms with van der Waals surface area (Å²) in [5.74, 6) is 0. The fraction of sp³-hybridized carbons (Fsp3) is 0.400. The van der Waals surface area contributed by atoms with Crippen molar-refractivity contribution in [2.45, 2.75) is 31.7 Å². The number of aromatic nitrogens is 1. The number of fused-ring (bicyclic) bond motifs is 1. The van der Waals surface area contributed by atoms with Crippen molar-refractivity contribution in [3.05, 3.63) is 58.2 Å². The Balaban J connectivity index is 2.21. The highest BCUT2D eigenvalue weighted by Crippen LogP contribution is 2.28. The highest BCUT2D eigenvalue weighted by atomic mass is 32.2. The first-order valence-electron chi connectivity index (χ1n) is 8.69. The quantitative estimate of drug-likeness (QED) is 0.814. The standard InChI is InChI=1S/C20H25N3OS/c1-5-6-9-14-12-23(3)20(25-4)21-18(14)17-13-22(2)19(24)16-11-8-7-10-15(16)17/h7-8,10-13,20H,5-6,9H2,1-4H3. The number of thioether (sulfide) groups is 1. The second-order valence-electron chi connectivity index (χ2n) is 6.47. The molecule has 1 atom stereocenters. The molecule has 132 valence electrons. The van der Waals surface area contributed by atoms with Crippen LogP contribution in [-0.4, -0.2) is 34.0 Å². The lowest BCUT2D eigenvalue weighted by atomic mass is 9.95. The van der Waals surface area contributed by atoms with Crippen LogP contribution in [0.2, 0.25) is 0 Å². The maximum Gasteiger partial charge on any atom is 0.258 e. The molecule has 2 heterocycles. The van der Waals surface area contributed by atoms with Crippen LogP contribution in [0.3, 0.4) is 0 Å². The van der Waals surface area contributed by atoms with E-state index in [2.05, 4.69) is 31.3 Å². The van der Waals surface area contributed by atoms with Gasteiger partial charge in [-0.1, -0.05) is 31.5 Å². The second kappa shape index (κ2) is 7.48. The van der Waals surface area contributed by atoms with Gasteiger partial charge in [0.05, 0.1) is 5.71 Å². The number of allylic oxidation sites excluding steroid dienone is 1. The first-order valence-corrected chi connectivity index (χ1v) is 9.98. The van der Waals surface area contributed by atoms with E-state index in [1.807, 2.05) is 37.5 Å². The Kier molecular flexibility index (Phi) is 5.33. The first kappa shape index (κ1) is 17.8. The molecule has 3 rings (SSSR count). The van der Waals surface area contributed by atoms with Gasteiger partial charge in [0.15, 0.2) is 5.50 Å². The molecule has 0 fully saturated rings. The van der Waals surface area contributed by atoms with Crippen molar-refractivity contribution in [3.8, 4) is 0 Å². The number of hydrogen-bond acceptors (Lipinski definition) is 4. The Labute approximate surface area is 153 Å². The number of unbranched alkanes of at least 4 members (excludes halogenated alkanes) is 1. The topological polar surface area (TPSA) is 37.6 Å². The minimum absolute atomic E-state index is 0.0355. The molecule has 0 bridgehead atoms. The van der Waals surface area contributed by atoms with E-state index in [0.717, 1.165) is 41.3 Å². The molecule has 25 heavy (non-hydrogen) atoms. The Bertz CT molecular complexity index is 897. The molecular weight excluding hydrogens is 330 g/mol. The van der Waals surface area contributed by atoms with Gasteiger partial charge >= 0.3 is 0 Å². The van der Waals surface area contributed by atoms with Crippen LogP contribution in [-0.2, 0) is 7.05 Å². The number of aliphatic imine (C=N–C) groups is 1. The van der Waals surface area contributed by atoms with Gasteiger partial charge in [0.25, 0.3) is 5.56 Å². The van der Waals surface area contributed by atoms with Gasteiger partial charge in [0.2, 0.25) is 0 Å². The van der Waals surface area contributed by atoms with Crippen LogP contribution in [0.1, 0.15) is 31.7 Å². The summed E-state index contributed by atoms with van der Waals surface area (Å²) in [4.78, 5) is 19.7. The molecule has 0 radical (unpaired) electrons. The number of aryl methyl sites for hydroxylation is 1. The third kappa shape index (κ3) is 3.38. The van der Waals surface area contributed by atoms with Crippen molar-refractivity contribution in [2.24, 2.45) is 12.0 Å². The summed E-state index contributed by atoms with van der Waals surface area (Å²) in [7, 11) is 3.89. The average Bonchev–Trinajstić information content (AvgIpc) is 2.63. The van der Waals surface area contributed by atoms with Crippen molar-refractivity contribution in [2.75, 3.05) is 13.3 Å². The van der Waals surface area contributed by atoms with Crippen LogP contribution < -0.4 is 5.56 Å². The summed E-state index contributed by atoms with van der Waals surface area (Å²) in [5.41, 5.74) is 3.42. The third-order valence-electron chi connectivity index (χ3n) is 4.61. The third-order valence-corrected chi connectivity index (χ3v) is 5.47. The summed E-state index contributed by atoms with van der Waals surface area (Å²) in [6.45, 7) is 2.20. The predicted molar refractivity (Wildman–Crippen MR) is 108 cm³/mol. The van der Waals surface area contributed by atoms with E-state index < -0.39 is 0 Å². The summed E-state index contributed by atoms with van der Waals surface area (Å²) < 4.78 is 1.67. The molecule has 0 N–H and O–H groups in total. The minimum atomic E-state index is 0.0355. The van der Waals surface area contributed by atoms with Gasteiger partial charge in [-0.15, -0.1) is 11.8 Å². The van der Waals surface area contributed by atoms with Crippen molar-refractivity contribution in [1.82, 2.24) is 9.47 Å². The molecule has 0 spiro atoms. The van der Waals surface area contributed by atoms with Crippen LogP contribution in [0.4, 0.5) is 0 Å². The molecule has 5 heteroatoms. The van der Waals surface area contributed by atoms with Gasteiger partial charge in [-0.3, -0.25) is 4.79 Å².